The number of hydrogen-bond acceptors (Lipinski definition) is 8. The zero-order chi connectivity index (χ0) is 30.7. The van der Waals surface area contributed by atoms with Crippen LogP contribution in [0.5, 0.6) is 5.75 Å². The second-order valence-electron chi connectivity index (χ2n) is 10.9. The van der Waals surface area contributed by atoms with E-state index in [1.165, 1.54) is 11.3 Å². The summed E-state index contributed by atoms with van der Waals surface area (Å²) in [5.41, 5.74) is 2.56. The Morgan fingerprint density at radius 3 is 2.58 bits per heavy atom. The van der Waals surface area contributed by atoms with Crippen LogP contribution in [0.4, 0.5) is 5.69 Å². The van der Waals surface area contributed by atoms with Crippen LogP contribution in [0.2, 0.25) is 0 Å². The molecule has 3 aromatic carbocycles. The van der Waals surface area contributed by atoms with Crippen molar-refractivity contribution in [3.05, 3.63) is 88.4 Å². The molecule has 0 fully saturated rings. The number of hydrogen-bond donors (Lipinski definition) is 3. The van der Waals surface area contributed by atoms with Gasteiger partial charge in [-0.3, -0.25) is 14.5 Å². The molecule has 3 N–H and O–H groups in total. The van der Waals surface area contributed by atoms with Crippen molar-refractivity contribution >= 4 is 45.0 Å². The fraction of sp³-hybridized carbons (Fsp3) is 0.312. The van der Waals surface area contributed by atoms with Gasteiger partial charge in [0.05, 0.1) is 39.7 Å². The van der Waals surface area contributed by atoms with Gasteiger partial charge in [-0.1, -0.05) is 37.3 Å². The Kier molecular flexibility index (Phi) is 9.05. The molecule has 3 atom stereocenters. The summed E-state index contributed by atoms with van der Waals surface area (Å²) >= 11 is 1.28. The molecule has 1 aromatic heterocycles. The van der Waals surface area contributed by atoms with Gasteiger partial charge in [-0.15, -0.1) is 11.3 Å². The van der Waals surface area contributed by atoms with E-state index in [0.29, 0.717) is 35.9 Å². The summed E-state index contributed by atoms with van der Waals surface area (Å²) in [5.74, 6) is -1.52. The second-order valence-corrected chi connectivity index (χ2v) is 12.0. The lowest BCUT2D eigenvalue weighted by molar-refractivity contribution is 0.0343. The highest BCUT2D eigenvalue weighted by Gasteiger charge is 2.34. The average molecular weight is 603 g/mol. The molecule has 2 heterocycles. The zero-order valence-electron chi connectivity index (χ0n) is 24.2. The van der Waals surface area contributed by atoms with Crippen LogP contribution in [-0.2, 0) is 6.54 Å². The highest BCUT2D eigenvalue weighted by molar-refractivity contribution is 7.20. The average Bonchev–Trinajstić information content (AvgIpc) is 3.44. The molecule has 5 rings (SSSR count). The molecule has 0 radical (unpaired) electrons. The van der Waals surface area contributed by atoms with Crippen LogP contribution in [0.3, 0.4) is 0 Å². The van der Waals surface area contributed by atoms with Gasteiger partial charge in [0.1, 0.15) is 6.10 Å². The Hall–Kier alpha value is -4.32. The number of para-hydroxylation sites is 2. The van der Waals surface area contributed by atoms with Crippen molar-refractivity contribution in [3.63, 3.8) is 0 Å². The molecule has 11 heteroatoms. The first-order valence-electron chi connectivity index (χ1n) is 14.0. The third-order valence-electron chi connectivity index (χ3n) is 7.57. The summed E-state index contributed by atoms with van der Waals surface area (Å²) in [6.45, 7) is 5.00. The largest absolute Gasteiger partial charge is 0.486 e. The van der Waals surface area contributed by atoms with E-state index in [-0.39, 0.29) is 35.8 Å². The molecule has 10 nitrogen and oxygen atoms in total. The number of fused-ring (bicyclic) bond motifs is 2. The maximum Gasteiger partial charge on any atom is 0.335 e. The molecule has 0 saturated carbocycles. The monoisotopic (exact) mass is 602 g/mol. The lowest BCUT2D eigenvalue weighted by Crippen LogP contribution is -2.49. The number of carboxylic acid groups (broad SMARTS) is 1. The second kappa shape index (κ2) is 12.9. The van der Waals surface area contributed by atoms with Crippen LogP contribution < -0.4 is 10.1 Å². The highest BCUT2D eigenvalue weighted by atomic mass is 32.1. The van der Waals surface area contributed by atoms with E-state index in [0.717, 1.165) is 15.8 Å². The molecule has 0 spiro atoms. The van der Waals surface area contributed by atoms with Crippen molar-refractivity contribution in [2.24, 2.45) is 5.92 Å². The van der Waals surface area contributed by atoms with Gasteiger partial charge < -0.3 is 25.2 Å². The number of amides is 2. The number of benzene rings is 3. The first-order chi connectivity index (χ1) is 20.6. The molecule has 0 aliphatic carbocycles. The number of aliphatic hydroxyl groups is 1. The third-order valence-corrected chi connectivity index (χ3v) is 8.61. The van der Waals surface area contributed by atoms with Gasteiger partial charge in [-0.25, -0.2) is 9.78 Å². The van der Waals surface area contributed by atoms with Crippen LogP contribution in [0.1, 0.15) is 49.9 Å². The van der Waals surface area contributed by atoms with E-state index < -0.39 is 17.9 Å². The van der Waals surface area contributed by atoms with Crippen molar-refractivity contribution in [1.82, 2.24) is 14.8 Å². The Bertz CT molecular complexity index is 1610. The first kappa shape index (κ1) is 30.1. The Morgan fingerprint density at radius 1 is 1.14 bits per heavy atom. The van der Waals surface area contributed by atoms with Gasteiger partial charge in [0.25, 0.3) is 11.8 Å². The standard InChI is InChI=1S/C32H34N4O6S/c1-19-15-36(20(2)18-37)31(39)23-7-6-9-25(33-29(38)30-34-24-8-4-5-10-27(24)43-30)28(23)42-26(19)17-35(3)16-21-11-13-22(14-12-21)32(40)41/h4-14,19-20,26,37H,15-18H2,1-3H3,(H,33,38)(H,40,41)/t19-,20+,26-/m1/s1. The van der Waals surface area contributed by atoms with Gasteiger partial charge in [-0.05, 0) is 55.9 Å². The van der Waals surface area contributed by atoms with Gasteiger partial charge in [-0.2, -0.15) is 0 Å². The fourth-order valence-corrected chi connectivity index (χ4v) is 6.00. The molecule has 43 heavy (non-hydrogen) atoms. The van der Waals surface area contributed by atoms with Crippen molar-refractivity contribution in [2.45, 2.75) is 32.5 Å². The SMILES string of the molecule is C[C@@H]1CN([C@@H](C)CO)C(=O)c2cccc(NC(=O)c3nc4ccccc4s3)c2O[C@@H]1CN(C)Cc1ccc(C(=O)O)cc1. The van der Waals surface area contributed by atoms with Crippen LogP contribution in [0, 0.1) is 5.92 Å². The van der Waals surface area contributed by atoms with Crippen LogP contribution in [0.25, 0.3) is 10.2 Å². The number of aliphatic hydroxyl groups excluding tert-OH is 1. The number of anilines is 1. The molecule has 224 valence electrons. The Labute approximate surface area is 253 Å². The van der Waals surface area contributed by atoms with Crippen molar-refractivity contribution in [2.75, 3.05) is 32.1 Å². The van der Waals surface area contributed by atoms with Crippen LogP contribution >= 0.6 is 11.3 Å². The predicted molar refractivity (Wildman–Crippen MR) is 165 cm³/mol. The number of carboxylic acids is 1. The maximum atomic E-state index is 13.8. The molecular formula is C32H34N4O6S. The minimum atomic E-state index is -0.974. The molecule has 0 saturated heterocycles. The van der Waals surface area contributed by atoms with Gasteiger partial charge >= 0.3 is 5.97 Å². The molecule has 1 aliphatic rings. The normalized spacial score (nSPS) is 17.6. The fourth-order valence-electron chi connectivity index (χ4n) is 5.14. The van der Waals surface area contributed by atoms with Gasteiger partial charge in [0, 0.05) is 25.6 Å². The quantitative estimate of drug-likeness (QED) is 0.253. The Balaban J connectivity index is 1.44. The molecule has 0 bridgehead atoms. The van der Waals surface area contributed by atoms with Crippen molar-refractivity contribution in [1.29, 1.82) is 0 Å². The number of aromatic carboxylic acids is 1. The Morgan fingerprint density at radius 2 is 1.88 bits per heavy atom. The predicted octanol–water partition coefficient (Wildman–Crippen LogP) is 4.60. The van der Waals surface area contributed by atoms with E-state index in [1.54, 1.807) is 54.3 Å². The number of rotatable bonds is 9. The van der Waals surface area contributed by atoms with E-state index in [4.69, 9.17) is 4.74 Å². The van der Waals surface area contributed by atoms with E-state index in [1.807, 2.05) is 38.2 Å². The molecule has 1 aliphatic heterocycles. The number of aromatic nitrogens is 1. The number of nitrogens with zero attached hydrogens (tertiary/aromatic N) is 3. The van der Waals surface area contributed by atoms with Gasteiger partial charge in [0.15, 0.2) is 10.8 Å². The first-order valence-corrected chi connectivity index (χ1v) is 14.9. The zero-order valence-corrected chi connectivity index (χ0v) is 25.0. The van der Waals surface area contributed by atoms with E-state index in [2.05, 4.69) is 15.2 Å². The number of nitrogens with one attached hydrogen (secondary N) is 1. The van der Waals surface area contributed by atoms with Crippen LogP contribution in [0.15, 0.2) is 66.7 Å². The number of carbonyl (C=O) groups is 3. The van der Waals surface area contributed by atoms with Gasteiger partial charge in [0.2, 0.25) is 0 Å². The molecule has 0 unspecified atom stereocenters. The summed E-state index contributed by atoms with van der Waals surface area (Å²) in [4.78, 5) is 46.5. The minimum Gasteiger partial charge on any atom is -0.486 e. The van der Waals surface area contributed by atoms with E-state index >= 15 is 0 Å². The lowest BCUT2D eigenvalue weighted by Gasteiger charge is -2.38. The topological polar surface area (TPSA) is 132 Å². The van der Waals surface area contributed by atoms with Crippen LogP contribution in [-0.4, -0.2) is 81.7 Å². The summed E-state index contributed by atoms with van der Waals surface area (Å²) in [7, 11) is 1.95. The molecule has 2 amide bonds. The highest BCUT2D eigenvalue weighted by Crippen LogP contribution is 2.35. The van der Waals surface area contributed by atoms with Crippen molar-refractivity contribution < 1.29 is 29.3 Å². The smallest absolute Gasteiger partial charge is 0.335 e. The third kappa shape index (κ3) is 6.69. The summed E-state index contributed by atoms with van der Waals surface area (Å²) in [5, 5.41) is 22.4. The molecular weight excluding hydrogens is 568 g/mol. The lowest BCUT2D eigenvalue weighted by atomic mass is 9.98. The summed E-state index contributed by atoms with van der Waals surface area (Å²) < 4.78 is 7.50. The van der Waals surface area contributed by atoms with E-state index in [9.17, 15) is 24.6 Å². The number of thiazole rings is 1. The maximum absolute atomic E-state index is 13.8. The number of carbonyl (C=O) groups excluding carboxylic acids is 2. The number of ether oxygens (including phenoxy) is 1. The number of likely N-dealkylation sites (N-methyl/N-ethyl adjacent to an activating group) is 1. The molecule has 4 aromatic rings. The summed E-state index contributed by atoms with van der Waals surface area (Å²) in [6, 6.07) is 18.9. The minimum absolute atomic E-state index is 0.129. The van der Waals surface area contributed by atoms with Crippen molar-refractivity contribution in [3.8, 4) is 5.75 Å². The summed E-state index contributed by atoms with van der Waals surface area (Å²) in [6.07, 6.45) is -0.385.